The Kier molecular flexibility index (Phi) is 4.02. The second-order valence-electron chi connectivity index (χ2n) is 6.55. The van der Waals surface area contributed by atoms with Crippen molar-refractivity contribution in [1.29, 1.82) is 0 Å². The molecule has 0 saturated heterocycles. The summed E-state index contributed by atoms with van der Waals surface area (Å²) in [5.41, 5.74) is 2.64. The molecule has 0 radical (unpaired) electrons. The third kappa shape index (κ3) is 3.12. The molecule has 2 aliphatic rings. The lowest BCUT2D eigenvalue weighted by Gasteiger charge is -2.24. The maximum Gasteiger partial charge on any atom is 0.253 e. The largest absolute Gasteiger partial charge is 0.360 e. The van der Waals surface area contributed by atoms with Crippen LogP contribution in [0.4, 0.5) is 0 Å². The van der Waals surface area contributed by atoms with Crippen molar-refractivity contribution in [3.63, 3.8) is 0 Å². The second-order valence-corrected chi connectivity index (χ2v) is 6.96. The van der Waals surface area contributed by atoms with Crippen LogP contribution in [-0.4, -0.2) is 16.1 Å². The average Bonchev–Trinajstić information content (AvgIpc) is 2.99. The summed E-state index contributed by atoms with van der Waals surface area (Å²) in [4.78, 5) is 14.8. The first-order valence-electron chi connectivity index (χ1n) is 7.76. The van der Waals surface area contributed by atoms with E-state index < -0.39 is 0 Å². The summed E-state index contributed by atoms with van der Waals surface area (Å²) in [5.74, 6) is 1.69. The van der Waals surface area contributed by atoms with E-state index in [1.807, 2.05) is 19.9 Å². The van der Waals surface area contributed by atoms with Gasteiger partial charge in [-0.15, -0.1) is 0 Å². The maximum absolute atomic E-state index is 12.0. The van der Waals surface area contributed by atoms with E-state index in [1.54, 1.807) is 0 Å². The van der Waals surface area contributed by atoms with Crippen molar-refractivity contribution in [2.75, 3.05) is 0 Å². The third-order valence-electron chi connectivity index (χ3n) is 4.97. The summed E-state index contributed by atoms with van der Waals surface area (Å²) in [7, 11) is 0. The first-order chi connectivity index (χ1) is 10.0. The molecule has 3 rings (SSSR count). The van der Waals surface area contributed by atoms with Gasteiger partial charge in [-0.05, 0) is 68.8 Å². The van der Waals surface area contributed by atoms with Gasteiger partial charge in [0.25, 0.3) is 5.56 Å². The fraction of sp³-hybridized carbons (Fsp3) is 0.625. The number of fused-ring (bicyclic) bond motifs is 2. The molecule has 2 aliphatic carbocycles. The number of pyridine rings is 1. The van der Waals surface area contributed by atoms with E-state index in [2.05, 4.69) is 15.6 Å². The van der Waals surface area contributed by atoms with Crippen LogP contribution < -0.4 is 16.2 Å². The van der Waals surface area contributed by atoms with Crippen LogP contribution in [0.25, 0.3) is 0 Å². The Morgan fingerprint density at radius 1 is 1.38 bits per heavy atom. The molecule has 0 amide bonds. The zero-order valence-corrected chi connectivity index (χ0v) is 13.5. The van der Waals surface area contributed by atoms with Crippen molar-refractivity contribution in [1.82, 2.24) is 15.6 Å². The lowest BCUT2D eigenvalue weighted by Crippen LogP contribution is -2.44. The van der Waals surface area contributed by atoms with Gasteiger partial charge in [-0.2, -0.15) is 0 Å². The molecule has 0 unspecified atom stereocenters. The maximum atomic E-state index is 12.0. The van der Waals surface area contributed by atoms with Crippen LogP contribution in [0.1, 0.15) is 42.5 Å². The zero-order chi connectivity index (χ0) is 15.0. The number of hydrogen-bond donors (Lipinski definition) is 3. The van der Waals surface area contributed by atoms with E-state index in [-0.39, 0.29) is 5.56 Å². The van der Waals surface area contributed by atoms with Gasteiger partial charge in [0.05, 0.1) is 0 Å². The predicted molar refractivity (Wildman–Crippen MR) is 88.3 cm³/mol. The van der Waals surface area contributed by atoms with Crippen molar-refractivity contribution < 1.29 is 0 Å². The van der Waals surface area contributed by atoms with Gasteiger partial charge >= 0.3 is 0 Å². The van der Waals surface area contributed by atoms with Gasteiger partial charge < -0.3 is 15.6 Å². The summed E-state index contributed by atoms with van der Waals surface area (Å²) in [6.07, 6.45) is 5.33. The van der Waals surface area contributed by atoms with E-state index in [0.29, 0.717) is 17.7 Å². The highest BCUT2D eigenvalue weighted by atomic mass is 32.1. The molecular weight excluding hydrogens is 282 g/mol. The summed E-state index contributed by atoms with van der Waals surface area (Å²) >= 11 is 5.38. The monoisotopic (exact) mass is 305 g/mol. The molecule has 4 nitrogen and oxygen atoms in total. The highest BCUT2D eigenvalue weighted by molar-refractivity contribution is 7.80. The predicted octanol–water partition coefficient (Wildman–Crippen LogP) is 2.14. The highest BCUT2D eigenvalue weighted by Crippen LogP contribution is 2.44. The first kappa shape index (κ1) is 14.6. The van der Waals surface area contributed by atoms with Crippen LogP contribution in [0.5, 0.6) is 0 Å². The SMILES string of the molecule is Cc1cc(C)c(CNC(=S)N[C@@H]2C[C@H]3CC[C@H]2C3)c(=O)[nH]1. The summed E-state index contributed by atoms with van der Waals surface area (Å²) in [5, 5.41) is 7.30. The number of aryl methyl sites for hydroxylation is 2. The quantitative estimate of drug-likeness (QED) is 0.749. The molecule has 0 aliphatic heterocycles. The van der Waals surface area contributed by atoms with Crippen LogP contribution in [-0.2, 0) is 6.54 Å². The van der Waals surface area contributed by atoms with Crippen molar-refractivity contribution >= 4 is 17.3 Å². The van der Waals surface area contributed by atoms with E-state index >= 15 is 0 Å². The smallest absolute Gasteiger partial charge is 0.253 e. The number of rotatable bonds is 3. The molecule has 1 aromatic heterocycles. The fourth-order valence-electron chi connectivity index (χ4n) is 3.91. The molecular formula is C16H23N3OS. The minimum atomic E-state index is -0.0253. The van der Waals surface area contributed by atoms with E-state index in [1.165, 1.54) is 25.7 Å². The van der Waals surface area contributed by atoms with E-state index in [9.17, 15) is 4.79 Å². The number of H-pyrrole nitrogens is 1. The number of aromatic nitrogens is 1. The molecule has 1 aromatic rings. The van der Waals surface area contributed by atoms with Crippen molar-refractivity contribution in [3.8, 4) is 0 Å². The highest BCUT2D eigenvalue weighted by Gasteiger charge is 2.39. The number of aromatic amines is 1. The molecule has 3 N–H and O–H groups in total. The molecule has 2 saturated carbocycles. The van der Waals surface area contributed by atoms with Gasteiger partial charge in [-0.3, -0.25) is 4.79 Å². The Balaban J connectivity index is 1.56. The minimum absolute atomic E-state index is 0.0253. The lowest BCUT2D eigenvalue weighted by molar-refractivity contribution is 0.389. The molecule has 0 spiro atoms. The molecule has 2 fully saturated rings. The van der Waals surface area contributed by atoms with Crippen LogP contribution in [0, 0.1) is 25.7 Å². The Morgan fingerprint density at radius 3 is 2.81 bits per heavy atom. The molecule has 1 heterocycles. The van der Waals surface area contributed by atoms with Crippen LogP contribution in [0.3, 0.4) is 0 Å². The van der Waals surface area contributed by atoms with Gasteiger partial charge in [-0.25, -0.2) is 0 Å². The average molecular weight is 305 g/mol. The topological polar surface area (TPSA) is 56.9 Å². The lowest BCUT2D eigenvalue weighted by atomic mass is 9.96. The molecule has 114 valence electrons. The summed E-state index contributed by atoms with van der Waals surface area (Å²) in [6, 6.07) is 2.52. The van der Waals surface area contributed by atoms with Gasteiger partial charge in [0, 0.05) is 23.8 Å². The standard InChI is InChI=1S/C16H23N3OS/c1-9-5-10(2)18-15(20)13(9)8-17-16(21)19-14-7-11-3-4-12(14)6-11/h5,11-12,14H,3-4,6-8H2,1-2H3,(H,18,20)(H2,17,19,21)/t11-,12-,14+/m0/s1. The van der Waals surface area contributed by atoms with Gasteiger partial charge in [0.15, 0.2) is 5.11 Å². The van der Waals surface area contributed by atoms with Crippen molar-refractivity contribution in [2.45, 2.75) is 52.1 Å². The molecule has 5 heteroatoms. The summed E-state index contributed by atoms with van der Waals surface area (Å²) in [6.45, 7) is 4.34. The van der Waals surface area contributed by atoms with Crippen LogP contribution in [0.2, 0.25) is 0 Å². The number of nitrogens with one attached hydrogen (secondary N) is 3. The van der Waals surface area contributed by atoms with Crippen molar-refractivity contribution in [2.24, 2.45) is 11.8 Å². The number of thiocarbonyl (C=S) groups is 1. The molecule has 3 atom stereocenters. The Labute approximate surface area is 130 Å². The van der Waals surface area contributed by atoms with E-state index in [0.717, 1.165) is 28.7 Å². The second kappa shape index (κ2) is 5.79. The Bertz CT molecular complexity index is 610. The Hall–Kier alpha value is -1.36. The van der Waals surface area contributed by atoms with Crippen LogP contribution >= 0.6 is 12.2 Å². The normalized spacial score (nSPS) is 26.9. The third-order valence-corrected chi connectivity index (χ3v) is 5.24. The number of hydrogen-bond acceptors (Lipinski definition) is 2. The van der Waals surface area contributed by atoms with Gasteiger partial charge in [-0.1, -0.05) is 6.42 Å². The fourth-order valence-corrected chi connectivity index (χ4v) is 4.13. The van der Waals surface area contributed by atoms with Crippen molar-refractivity contribution in [3.05, 3.63) is 33.2 Å². The first-order valence-corrected chi connectivity index (χ1v) is 8.17. The molecule has 0 aromatic carbocycles. The molecule has 21 heavy (non-hydrogen) atoms. The molecule has 2 bridgehead atoms. The van der Waals surface area contributed by atoms with Gasteiger partial charge in [0.1, 0.15) is 0 Å². The van der Waals surface area contributed by atoms with E-state index in [4.69, 9.17) is 12.2 Å². The summed E-state index contributed by atoms with van der Waals surface area (Å²) < 4.78 is 0. The van der Waals surface area contributed by atoms with Gasteiger partial charge in [0.2, 0.25) is 0 Å². The Morgan fingerprint density at radius 2 is 2.19 bits per heavy atom. The minimum Gasteiger partial charge on any atom is -0.360 e. The van der Waals surface area contributed by atoms with Crippen LogP contribution in [0.15, 0.2) is 10.9 Å². The zero-order valence-electron chi connectivity index (χ0n) is 12.7.